The molecule has 2 aromatic carbocycles. The highest BCUT2D eigenvalue weighted by Gasteiger charge is 2.34. The Morgan fingerprint density at radius 2 is 1.82 bits per heavy atom. The molecule has 0 aliphatic heterocycles. The number of para-hydroxylation sites is 1. The maximum absolute atomic E-state index is 12.9. The molecule has 4 rings (SSSR count). The Bertz CT molecular complexity index is 805. The number of amides is 1. The number of aromatic amines is 1. The van der Waals surface area contributed by atoms with E-state index in [1.54, 1.807) is 0 Å². The average Bonchev–Trinajstić information content (AvgIpc) is 3.31. The van der Waals surface area contributed by atoms with Crippen LogP contribution >= 0.6 is 0 Å². The van der Waals surface area contributed by atoms with E-state index in [0.29, 0.717) is 18.3 Å². The van der Waals surface area contributed by atoms with Crippen molar-refractivity contribution < 1.29 is 4.79 Å². The summed E-state index contributed by atoms with van der Waals surface area (Å²) in [6.45, 7) is 0.644. The van der Waals surface area contributed by atoms with Crippen molar-refractivity contribution in [2.75, 3.05) is 0 Å². The number of nitrogens with zero attached hydrogens (tertiary/aromatic N) is 2. The minimum Gasteiger partial charge on any atom is -0.330 e. The molecule has 0 atom stereocenters. The van der Waals surface area contributed by atoms with E-state index in [9.17, 15) is 4.79 Å². The van der Waals surface area contributed by atoms with Crippen molar-refractivity contribution in [3.63, 3.8) is 0 Å². The number of hydrogen-bond acceptors (Lipinski definition) is 2. The minimum atomic E-state index is 0.0174. The second-order valence-electron chi connectivity index (χ2n) is 5.77. The molecule has 22 heavy (non-hydrogen) atoms. The Balaban J connectivity index is 1.66. The first-order chi connectivity index (χ1) is 10.8. The van der Waals surface area contributed by atoms with Crippen LogP contribution in [0.4, 0.5) is 0 Å². The van der Waals surface area contributed by atoms with Gasteiger partial charge in [0.1, 0.15) is 0 Å². The number of benzene rings is 2. The zero-order valence-corrected chi connectivity index (χ0v) is 12.2. The van der Waals surface area contributed by atoms with Gasteiger partial charge in [-0.2, -0.15) is 5.10 Å². The lowest BCUT2D eigenvalue weighted by Crippen LogP contribution is -2.33. The lowest BCUT2D eigenvalue weighted by atomic mass is 10.1. The molecular formula is C18H17N3O. The van der Waals surface area contributed by atoms with Crippen molar-refractivity contribution in [2.45, 2.75) is 25.4 Å². The standard InChI is InChI=1S/C18H17N3O/c22-18(17-15-8-4-5-9-16(15)19-20-17)21(14-10-11-14)12-13-6-2-1-3-7-13/h1-9,14H,10-12H2,(H,19,20). The van der Waals surface area contributed by atoms with E-state index in [1.807, 2.05) is 47.4 Å². The van der Waals surface area contributed by atoms with Gasteiger partial charge < -0.3 is 4.90 Å². The van der Waals surface area contributed by atoms with Crippen LogP contribution in [-0.2, 0) is 6.54 Å². The predicted molar refractivity (Wildman–Crippen MR) is 85.4 cm³/mol. The maximum atomic E-state index is 12.9. The Morgan fingerprint density at radius 1 is 1.09 bits per heavy atom. The molecule has 3 aromatic rings. The predicted octanol–water partition coefficient (Wildman–Crippen LogP) is 3.37. The Hall–Kier alpha value is -2.62. The summed E-state index contributed by atoms with van der Waals surface area (Å²) in [5, 5.41) is 8.10. The van der Waals surface area contributed by atoms with Crippen LogP contribution in [0.5, 0.6) is 0 Å². The number of hydrogen-bond donors (Lipinski definition) is 1. The molecule has 1 aromatic heterocycles. The monoisotopic (exact) mass is 291 g/mol. The quantitative estimate of drug-likeness (QED) is 0.801. The highest BCUT2D eigenvalue weighted by molar-refractivity contribution is 6.04. The first-order valence-corrected chi connectivity index (χ1v) is 7.61. The maximum Gasteiger partial charge on any atom is 0.275 e. The van der Waals surface area contributed by atoms with Gasteiger partial charge in [-0.05, 0) is 24.5 Å². The van der Waals surface area contributed by atoms with Gasteiger partial charge in [-0.3, -0.25) is 9.89 Å². The lowest BCUT2D eigenvalue weighted by molar-refractivity contribution is 0.0726. The Kier molecular flexibility index (Phi) is 3.15. The summed E-state index contributed by atoms with van der Waals surface area (Å²) in [5.41, 5.74) is 2.59. The Morgan fingerprint density at radius 3 is 2.59 bits per heavy atom. The van der Waals surface area contributed by atoms with Gasteiger partial charge in [-0.15, -0.1) is 0 Å². The van der Waals surface area contributed by atoms with E-state index < -0.39 is 0 Å². The van der Waals surface area contributed by atoms with Crippen LogP contribution in [0.25, 0.3) is 10.9 Å². The highest BCUT2D eigenvalue weighted by Crippen LogP contribution is 2.30. The van der Waals surface area contributed by atoms with Crippen molar-refractivity contribution in [1.82, 2.24) is 15.1 Å². The van der Waals surface area contributed by atoms with E-state index in [1.165, 1.54) is 0 Å². The number of nitrogens with one attached hydrogen (secondary N) is 1. The zero-order chi connectivity index (χ0) is 14.9. The van der Waals surface area contributed by atoms with Gasteiger partial charge in [0.2, 0.25) is 0 Å². The van der Waals surface area contributed by atoms with Gasteiger partial charge in [0.15, 0.2) is 5.69 Å². The lowest BCUT2D eigenvalue weighted by Gasteiger charge is -2.21. The van der Waals surface area contributed by atoms with Crippen molar-refractivity contribution in [2.24, 2.45) is 0 Å². The summed E-state index contributed by atoms with van der Waals surface area (Å²) in [4.78, 5) is 14.9. The third-order valence-corrected chi connectivity index (χ3v) is 4.12. The van der Waals surface area contributed by atoms with Crippen molar-refractivity contribution in [3.05, 3.63) is 65.9 Å². The molecule has 0 saturated heterocycles. The van der Waals surface area contributed by atoms with E-state index in [4.69, 9.17) is 0 Å². The van der Waals surface area contributed by atoms with Crippen LogP contribution in [-0.4, -0.2) is 27.0 Å². The van der Waals surface area contributed by atoms with Gasteiger partial charge in [-0.1, -0.05) is 48.5 Å². The van der Waals surface area contributed by atoms with Crippen LogP contribution in [0.1, 0.15) is 28.9 Å². The molecule has 1 fully saturated rings. The molecule has 1 saturated carbocycles. The summed E-state index contributed by atoms with van der Waals surface area (Å²) in [5.74, 6) is 0.0174. The molecule has 110 valence electrons. The molecule has 0 radical (unpaired) electrons. The molecule has 0 unspecified atom stereocenters. The number of fused-ring (bicyclic) bond motifs is 1. The first kappa shape index (κ1) is 13.1. The third kappa shape index (κ3) is 2.37. The van der Waals surface area contributed by atoms with E-state index >= 15 is 0 Å². The fourth-order valence-electron chi connectivity index (χ4n) is 2.80. The summed E-state index contributed by atoms with van der Waals surface area (Å²) in [7, 11) is 0. The van der Waals surface area contributed by atoms with Crippen molar-refractivity contribution in [3.8, 4) is 0 Å². The first-order valence-electron chi connectivity index (χ1n) is 7.61. The van der Waals surface area contributed by atoms with Crippen LogP contribution in [0.3, 0.4) is 0 Å². The van der Waals surface area contributed by atoms with E-state index in [-0.39, 0.29) is 5.91 Å². The van der Waals surface area contributed by atoms with Gasteiger partial charge in [0, 0.05) is 18.0 Å². The third-order valence-electron chi connectivity index (χ3n) is 4.12. The van der Waals surface area contributed by atoms with Gasteiger partial charge >= 0.3 is 0 Å². The number of H-pyrrole nitrogens is 1. The summed E-state index contributed by atoms with van der Waals surface area (Å²) >= 11 is 0. The molecule has 4 nitrogen and oxygen atoms in total. The molecule has 4 heteroatoms. The smallest absolute Gasteiger partial charge is 0.275 e. The number of rotatable bonds is 4. The fraction of sp³-hybridized carbons (Fsp3) is 0.222. The highest BCUT2D eigenvalue weighted by atomic mass is 16.2. The van der Waals surface area contributed by atoms with Crippen molar-refractivity contribution in [1.29, 1.82) is 0 Å². The normalized spacial score (nSPS) is 14.2. The average molecular weight is 291 g/mol. The number of carbonyl (C=O) groups excluding carboxylic acids is 1. The van der Waals surface area contributed by atoms with Crippen LogP contribution in [0.15, 0.2) is 54.6 Å². The van der Waals surface area contributed by atoms with Gasteiger partial charge in [0.25, 0.3) is 5.91 Å². The van der Waals surface area contributed by atoms with Crippen LogP contribution in [0.2, 0.25) is 0 Å². The van der Waals surface area contributed by atoms with Gasteiger partial charge in [-0.25, -0.2) is 0 Å². The largest absolute Gasteiger partial charge is 0.330 e. The molecule has 1 aliphatic carbocycles. The van der Waals surface area contributed by atoms with Crippen LogP contribution in [0, 0.1) is 0 Å². The van der Waals surface area contributed by atoms with Crippen LogP contribution < -0.4 is 0 Å². The second-order valence-corrected chi connectivity index (χ2v) is 5.77. The Labute approximate surface area is 128 Å². The minimum absolute atomic E-state index is 0.0174. The SMILES string of the molecule is O=C(c1n[nH]c2ccccc12)N(Cc1ccccc1)C1CC1. The van der Waals surface area contributed by atoms with Gasteiger partial charge in [0.05, 0.1) is 5.52 Å². The summed E-state index contributed by atoms with van der Waals surface area (Å²) in [6.07, 6.45) is 2.17. The van der Waals surface area contributed by atoms with E-state index in [0.717, 1.165) is 29.3 Å². The summed E-state index contributed by atoms with van der Waals surface area (Å²) < 4.78 is 0. The molecule has 1 aliphatic rings. The number of aromatic nitrogens is 2. The molecule has 0 bridgehead atoms. The second kappa shape index (κ2) is 5.30. The van der Waals surface area contributed by atoms with Crippen molar-refractivity contribution >= 4 is 16.8 Å². The zero-order valence-electron chi connectivity index (χ0n) is 12.2. The fourth-order valence-corrected chi connectivity index (χ4v) is 2.80. The van der Waals surface area contributed by atoms with E-state index in [2.05, 4.69) is 22.3 Å². The summed E-state index contributed by atoms with van der Waals surface area (Å²) in [6, 6.07) is 18.2. The number of carbonyl (C=O) groups is 1. The molecule has 1 amide bonds. The molecule has 0 spiro atoms. The molecular weight excluding hydrogens is 274 g/mol. The topological polar surface area (TPSA) is 49.0 Å². The molecule has 1 heterocycles. The molecule has 1 N–H and O–H groups in total.